The molecular formula is C16H10F8N2O4S. The van der Waals surface area contributed by atoms with Crippen molar-refractivity contribution in [1.29, 1.82) is 0 Å². The number of benzene rings is 1. The first kappa shape index (κ1) is 23.0. The zero-order chi connectivity index (χ0) is 23.5. The number of rotatable bonds is 6. The van der Waals surface area contributed by atoms with Crippen molar-refractivity contribution in [2.75, 3.05) is 0 Å². The van der Waals surface area contributed by atoms with Crippen molar-refractivity contribution in [3.63, 3.8) is 0 Å². The summed E-state index contributed by atoms with van der Waals surface area (Å²) in [6.07, 6.45) is -4.90. The van der Waals surface area contributed by atoms with Crippen LogP contribution in [0.25, 0.3) is 0 Å². The molecule has 0 atom stereocenters. The van der Waals surface area contributed by atoms with Crippen LogP contribution in [-0.4, -0.2) is 24.1 Å². The van der Waals surface area contributed by atoms with Gasteiger partial charge in [-0.3, -0.25) is 0 Å². The lowest BCUT2D eigenvalue weighted by Gasteiger charge is -2.16. The molecule has 1 saturated carbocycles. The van der Waals surface area contributed by atoms with Gasteiger partial charge in [-0.05, 0) is 25.0 Å². The van der Waals surface area contributed by atoms with Crippen molar-refractivity contribution in [1.82, 2.24) is 10.1 Å². The zero-order valence-corrected chi connectivity index (χ0v) is 15.7. The quantitative estimate of drug-likeness (QED) is 0.261. The van der Waals surface area contributed by atoms with Gasteiger partial charge in [-0.1, -0.05) is 23.9 Å². The average molecular weight is 478 g/mol. The molecule has 1 heterocycles. The fraction of sp³-hybridized carbons (Fsp3) is 0.375. The zero-order valence-electron chi connectivity index (χ0n) is 14.9. The van der Waals surface area contributed by atoms with Crippen LogP contribution in [0, 0.1) is 0 Å². The highest BCUT2D eigenvalue weighted by Gasteiger charge is 2.58. The summed E-state index contributed by atoms with van der Waals surface area (Å²) in [5.74, 6) is -6.93. The van der Waals surface area contributed by atoms with Crippen LogP contribution in [0.1, 0.15) is 35.7 Å². The molecule has 1 fully saturated rings. The number of hydrogen-bond acceptors (Lipinski definition) is 6. The van der Waals surface area contributed by atoms with Crippen LogP contribution in [0.4, 0.5) is 35.1 Å². The Balaban J connectivity index is 1.86. The van der Waals surface area contributed by atoms with Crippen LogP contribution in [0.5, 0.6) is 0 Å². The Labute approximate surface area is 168 Å². The molecule has 1 aromatic carbocycles. The Morgan fingerprint density at radius 1 is 1.00 bits per heavy atom. The minimum absolute atomic E-state index is 0.0767. The lowest BCUT2D eigenvalue weighted by Crippen LogP contribution is -2.28. The summed E-state index contributed by atoms with van der Waals surface area (Å²) < 4.78 is 135. The predicted octanol–water partition coefficient (Wildman–Crippen LogP) is 4.64. The molecule has 1 aromatic heterocycles. The molecule has 0 N–H and O–H groups in total. The third-order valence-corrected chi connectivity index (χ3v) is 5.46. The minimum atomic E-state index is -6.06. The highest BCUT2D eigenvalue weighted by molar-refractivity contribution is 7.87. The van der Waals surface area contributed by atoms with Gasteiger partial charge in [-0.2, -0.15) is 48.5 Å². The number of alkyl halides is 8. The van der Waals surface area contributed by atoms with Crippen molar-refractivity contribution < 1.29 is 52.2 Å². The van der Waals surface area contributed by atoms with Crippen LogP contribution in [-0.2, 0) is 31.8 Å². The van der Waals surface area contributed by atoms with E-state index in [2.05, 4.69) is 25.4 Å². The molecular weight excluding hydrogens is 468 g/mol. The molecule has 31 heavy (non-hydrogen) atoms. The molecule has 0 spiro atoms. The van der Waals surface area contributed by atoms with E-state index in [4.69, 9.17) is 0 Å². The van der Waals surface area contributed by atoms with Gasteiger partial charge in [0.15, 0.2) is 0 Å². The third-order valence-electron chi connectivity index (χ3n) is 4.47. The maximum absolute atomic E-state index is 14.6. The maximum atomic E-state index is 14.6. The Morgan fingerprint density at radius 3 is 1.97 bits per heavy atom. The van der Waals surface area contributed by atoms with E-state index in [0.29, 0.717) is 24.3 Å². The predicted molar refractivity (Wildman–Crippen MR) is 84.8 cm³/mol. The van der Waals surface area contributed by atoms with Crippen molar-refractivity contribution >= 4 is 10.1 Å². The fourth-order valence-electron chi connectivity index (χ4n) is 2.54. The van der Waals surface area contributed by atoms with Gasteiger partial charge >= 0.3 is 27.7 Å². The number of aromatic nitrogens is 2. The van der Waals surface area contributed by atoms with Gasteiger partial charge in [0.25, 0.3) is 0 Å². The van der Waals surface area contributed by atoms with Gasteiger partial charge in [0.05, 0.1) is 5.56 Å². The van der Waals surface area contributed by atoms with Gasteiger partial charge in [0, 0.05) is 5.56 Å². The summed E-state index contributed by atoms with van der Waals surface area (Å²) in [4.78, 5) is 3.41. The number of nitrogens with zero attached hydrogens (tertiary/aromatic N) is 2. The molecule has 0 bridgehead atoms. The molecule has 0 aliphatic heterocycles. The van der Waals surface area contributed by atoms with Crippen LogP contribution in [0.15, 0.2) is 41.1 Å². The van der Waals surface area contributed by atoms with Crippen LogP contribution >= 0.6 is 0 Å². The monoisotopic (exact) mass is 478 g/mol. The molecule has 6 nitrogen and oxygen atoms in total. The summed E-state index contributed by atoms with van der Waals surface area (Å²) in [6, 6.07) is 1.85. The van der Waals surface area contributed by atoms with E-state index in [1.165, 1.54) is 0 Å². The Bertz CT molecular complexity index is 1100. The molecule has 170 valence electrons. The molecule has 2 aromatic rings. The second-order valence-electron chi connectivity index (χ2n) is 6.56. The molecule has 0 radical (unpaired) electrons. The molecule has 3 rings (SSSR count). The second-order valence-corrected chi connectivity index (χ2v) is 8.10. The van der Waals surface area contributed by atoms with Crippen LogP contribution < -0.4 is 0 Å². The first-order chi connectivity index (χ1) is 14.0. The summed E-state index contributed by atoms with van der Waals surface area (Å²) in [5.41, 5.74) is -9.55. The summed E-state index contributed by atoms with van der Waals surface area (Å²) >= 11 is 0. The lowest BCUT2D eigenvalue weighted by molar-refractivity contribution is -0.137. The van der Waals surface area contributed by atoms with Crippen molar-refractivity contribution in [3.05, 3.63) is 59.4 Å². The second kappa shape index (κ2) is 6.90. The van der Waals surface area contributed by atoms with Crippen LogP contribution in [0.3, 0.4) is 0 Å². The van der Waals surface area contributed by atoms with E-state index >= 15 is 0 Å². The first-order valence-corrected chi connectivity index (χ1v) is 9.52. The average Bonchev–Trinajstić information content (AvgIpc) is 3.29. The molecule has 0 amide bonds. The smallest absolute Gasteiger partial charge is 0.380 e. The van der Waals surface area contributed by atoms with Gasteiger partial charge in [0.1, 0.15) is 11.2 Å². The topological polar surface area (TPSA) is 82.3 Å². The van der Waals surface area contributed by atoms with E-state index in [9.17, 15) is 43.5 Å². The molecule has 15 heteroatoms. The summed E-state index contributed by atoms with van der Waals surface area (Å²) in [5, 5.41) is 3.04. The van der Waals surface area contributed by atoms with Crippen molar-refractivity contribution in [2.24, 2.45) is 0 Å². The highest BCUT2D eigenvalue weighted by Crippen LogP contribution is 2.54. The van der Waals surface area contributed by atoms with E-state index in [1.54, 1.807) is 0 Å². The maximum Gasteiger partial charge on any atom is 0.534 e. The van der Waals surface area contributed by atoms with E-state index < -0.39 is 61.7 Å². The third kappa shape index (κ3) is 4.09. The molecule has 0 unspecified atom stereocenters. The van der Waals surface area contributed by atoms with Crippen LogP contribution in [0.2, 0.25) is 0 Å². The SMILES string of the molecule is C=C(OS(=O)(=O)C(F)(F)F)C1(c2nc(C(F)(F)c3ccc(C(F)(F)F)cc3)no2)CC1. The van der Waals surface area contributed by atoms with Gasteiger partial charge < -0.3 is 8.71 Å². The Hall–Kier alpha value is -2.71. The molecule has 0 saturated heterocycles. The minimum Gasteiger partial charge on any atom is -0.380 e. The Morgan fingerprint density at radius 2 is 1.52 bits per heavy atom. The standard InChI is InChI=1S/C16H10F8N2O4S/c1-8(30-31(27,28)16(22,23)24)13(6-7-13)12-25-11(26-29-12)14(17,18)9-2-4-10(5-3-9)15(19,20)21/h2-5H,1,6-7H2. The van der Waals surface area contributed by atoms with E-state index in [-0.39, 0.29) is 12.8 Å². The Kier molecular flexibility index (Phi) is 5.11. The molecule has 1 aliphatic carbocycles. The van der Waals surface area contributed by atoms with Crippen molar-refractivity contribution in [2.45, 2.75) is 35.9 Å². The van der Waals surface area contributed by atoms with Crippen molar-refractivity contribution in [3.8, 4) is 0 Å². The number of allylic oxidation sites excluding steroid dienone is 1. The summed E-state index contributed by atoms with van der Waals surface area (Å²) in [7, 11) is -6.06. The normalized spacial score (nSPS) is 16.8. The molecule has 1 aliphatic rings. The fourth-order valence-corrected chi connectivity index (χ4v) is 3.06. The van der Waals surface area contributed by atoms with Gasteiger partial charge in [0.2, 0.25) is 11.7 Å². The lowest BCUT2D eigenvalue weighted by atomic mass is 10.0. The number of halogens is 8. The highest BCUT2D eigenvalue weighted by atomic mass is 32.2. The summed E-state index contributed by atoms with van der Waals surface area (Å²) in [6.45, 7) is 3.10. The first-order valence-electron chi connectivity index (χ1n) is 8.11. The van der Waals surface area contributed by atoms with E-state index in [1.807, 2.05) is 0 Å². The van der Waals surface area contributed by atoms with Gasteiger partial charge in [-0.25, -0.2) is 0 Å². The van der Waals surface area contributed by atoms with E-state index in [0.717, 1.165) is 0 Å². The largest absolute Gasteiger partial charge is 0.534 e. The number of hydrogen-bond donors (Lipinski definition) is 0. The van der Waals surface area contributed by atoms with Gasteiger partial charge in [-0.15, -0.1) is 0 Å².